The third-order valence-electron chi connectivity index (χ3n) is 2.50. The summed E-state index contributed by atoms with van der Waals surface area (Å²) in [5.41, 5.74) is 1.05. The molecule has 0 fully saturated rings. The fourth-order valence-electron chi connectivity index (χ4n) is 1.52. The van der Waals surface area contributed by atoms with Crippen molar-refractivity contribution in [3.8, 4) is 0 Å². The Morgan fingerprint density at radius 2 is 2.12 bits per heavy atom. The summed E-state index contributed by atoms with van der Waals surface area (Å²) in [6.45, 7) is 7.53. The van der Waals surface area contributed by atoms with Gasteiger partial charge in [0.25, 0.3) is 0 Å². The summed E-state index contributed by atoms with van der Waals surface area (Å²) < 4.78 is 14.0. The van der Waals surface area contributed by atoms with Crippen LogP contribution in [0.3, 0.4) is 0 Å². The van der Waals surface area contributed by atoms with E-state index in [0.717, 1.165) is 28.3 Å². The topological polar surface area (TPSA) is 24.9 Å². The van der Waals surface area contributed by atoms with Crippen LogP contribution in [0.2, 0.25) is 0 Å². The number of rotatable bonds is 3. The molecule has 2 rings (SSSR count). The second kappa shape index (κ2) is 4.61. The highest BCUT2D eigenvalue weighted by atomic mass is 32.1. The third-order valence-corrected chi connectivity index (χ3v) is 3.49. The predicted molar refractivity (Wildman–Crippen MR) is 72.1 cm³/mol. The number of hydrogen-bond donors (Lipinski definition) is 1. The molecule has 1 aromatic carbocycles. The highest BCUT2D eigenvalue weighted by Gasteiger charge is 2.10. The minimum atomic E-state index is -0.232. The first kappa shape index (κ1) is 12.3. The van der Waals surface area contributed by atoms with Crippen LogP contribution in [0, 0.1) is 11.2 Å². The molecule has 0 bridgehead atoms. The molecule has 0 saturated carbocycles. The Balaban J connectivity index is 2.05. The molecule has 1 heterocycles. The molecule has 0 saturated heterocycles. The molecule has 1 N–H and O–H groups in total. The van der Waals surface area contributed by atoms with Crippen LogP contribution in [0.5, 0.6) is 0 Å². The van der Waals surface area contributed by atoms with Gasteiger partial charge >= 0.3 is 0 Å². The number of halogens is 1. The molecule has 0 radical (unpaired) electrons. The van der Waals surface area contributed by atoms with Gasteiger partial charge in [0.05, 0.1) is 10.2 Å². The first-order valence-corrected chi connectivity index (χ1v) is 6.56. The number of nitrogens with one attached hydrogen (secondary N) is 1. The lowest BCUT2D eigenvalue weighted by Gasteiger charge is -2.17. The van der Waals surface area contributed by atoms with E-state index in [-0.39, 0.29) is 5.82 Å². The Kier molecular flexibility index (Phi) is 3.33. The maximum Gasteiger partial charge on any atom is 0.183 e. The molecule has 0 aliphatic carbocycles. The van der Waals surface area contributed by atoms with E-state index in [2.05, 4.69) is 31.1 Å². The lowest BCUT2D eigenvalue weighted by atomic mass is 9.92. The van der Waals surface area contributed by atoms with Gasteiger partial charge in [-0.15, -0.1) is 0 Å². The maximum atomic E-state index is 13.0. The molecule has 0 spiro atoms. The Hall–Kier alpha value is -1.16. The second-order valence-corrected chi connectivity index (χ2v) is 6.40. The van der Waals surface area contributed by atoms with Crippen LogP contribution in [0.4, 0.5) is 9.52 Å². The van der Waals surface area contributed by atoms with Gasteiger partial charge in [0.15, 0.2) is 5.13 Å². The van der Waals surface area contributed by atoms with Gasteiger partial charge in [0.2, 0.25) is 0 Å². The number of anilines is 1. The van der Waals surface area contributed by atoms with Crippen LogP contribution < -0.4 is 5.32 Å². The average molecular weight is 252 g/mol. The quantitative estimate of drug-likeness (QED) is 0.881. The summed E-state index contributed by atoms with van der Waals surface area (Å²) in [4.78, 5) is 4.36. The van der Waals surface area contributed by atoms with Gasteiger partial charge in [0.1, 0.15) is 5.82 Å². The number of nitrogens with zero attached hydrogens (tertiary/aromatic N) is 1. The van der Waals surface area contributed by atoms with Crippen LogP contribution in [-0.2, 0) is 0 Å². The molecule has 17 heavy (non-hydrogen) atoms. The van der Waals surface area contributed by atoms with E-state index in [1.54, 1.807) is 17.4 Å². The first-order chi connectivity index (χ1) is 7.94. The third kappa shape index (κ3) is 3.40. The Labute approximate surface area is 105 Å². The molecule has 4 heteroatoms. The lowest BCUT2D eigenvalue weighted by Crippen LogP contribution is -2.12. The van der Waals surface area contributed by atoms with Gasteiger partial charge in [-0.2, -0.15) is 0 Å². The smallest absolute Gasteiger partial charge is 0.183 e. The monoisotopic (exact) mass is 252 g/mol. The predicted octanol–water partition coefficient (Wildman–Crippen LogP) is 4.28. The first-order valence-electron chi connectivity index (χ1n) is 5.74. The van der Waals surface area contributed by atoms with Crippen molar-refractivity contribution in [3.05, 3.63) is 24.0 Å². The molecular weight excluding hydrogens is 235 g/mol. The van der Waals surface area contributed by atoms with Gasteiger partial charge in [-0.3, -0.25) is 0 Å². The molecular formula is C13H17FN2S. The Morgan fingerprint density at radius 1 is 1.35 bits per heavy atom. The number of benzene rings is 1. The summed E-state index contributed by atoms with van der Waals surface area (Å²) in [6, 6.07) is 4.72. The van der Waals surface area contributed by atoms with E-state index in [1.807, 2.05) is 0 Å². The zero-order chi connectivity index (χ0) is 12.5. The highest BCUT2D eigenvalue weighted by molar-refractivity contribution is 7.22. The van der Waals surface area contributed by atoms with Crippen LogP contribution in [0.25, 0.3) is 10.2 Å². The Morgan fingerprint density at radius 3 is 2.82 bits per heavy atom. The van der Waals surface area contributed by atoms with Gasteiger partial charge in [-0.1, -0.05) is 32.1 Å². The highest BCUT2D eigenvalue weighted by Crippen LogP contribution is 2.27. The second-order valence-electron chi connectivity index (χ2n) is 5.37. The van der Waals surface area contributed by atoms with Gasteiger partial charge < -0.3 is 5.32 Å². The summed E-state index contributed by atoms with van der Waals surface area (Å²) in [5.74, 6) is -0.232. The minimum absolute atomic E-state index is 0.232. The summed E-state index contributed by atoms with van der Waals surface area (Å²) in [6.07, 6.45) is 1.08. The van der Waals surface area contributed by atoms with Gasteiger partial charge in [-0.05, 0) is 24.0 Å². The van der Waals surface area contributed by atoms with Crippen LogP contribution in [0.1, 0.15) is 27.2 Å². The van der Waals surface area contributed by atoms with Gasteiger partial charge in [0, 0.05) is 12.6 Å². The van der Waals surface area contributed by atoms with Crippen molar-refractivity contribution in [2.75, 3.05) is 11.9 Å². The standard InChI is InChI=1S/C13H17FN2S/c1-13(2,3)6-7-15-12-16-10-8-9(14)4-5-11(10)17-12/h4-5,8H,6-7H2,1-3H3,(H,15,16). The van der Waals surface area contributed by atoms with Crippen molar-refractivity contribution in [1.82, 2.24) is 4.98 Å². The number of aromatic nitrogens is 1. The molecule has 2 nitrogen and oxygen atoms in total. The molecule has 2 aromatic rings. The molecule has 0 aliphatic heterocycles. The fraction of sp³-hybridized carbons (Fsp3) is 0.462. The van der Waals surface area contributed by atoms with E-state index in [9.17, 15) is 4.39 Å². The Bertz CT molecular complexity index is 514. The molecule has 0 aliphatic rings. The SMILES string of the molecule is CC(C)(C)CCNc1nc2cc(F)ccc2s1. The molecule has 1 aromatic heterocycles. The number of fused-ring (bicyclic) bond motifs is 1. The normalized spacial score (nSPS) is 12.0. The van der Waals surface area contributed by atoms with Crippen molar-refractivity contribution in [2.45, 2.75) is 27.2 Å². The van der Waals surface area contributed by atoms with E-state index < -0.39 is 0 Å². The van der Waals surface area contributed by atoms with E-state index >= 15 is 0 Å². The molecule has 0 amide bonds. The fourth-order valence-corrected chi connectivity index (χ4v) is 2.39. The van der Waals surface area contributed by atoms with Crippen molar-refractivity contribution >= 4 is 26.7 Å². The van der Waals surface area contributed by atoms with Crippen LogP contribution in [0.15, 0.2) is 18.2 Å². The van der Waals surface area contributed by atoms with Crippen molar-refractivity contribution in [2.24, 2.45) is 5.41 Å². The molecule has 92 valence electrons. The van der Waals surface area contributed by atoms with Crippen molar-refractivity contribution in [1.29, 1.82) is 0 Å². The van der Waals surface area contributed by atoms with Crippen molar-refractivity contribution in [3.63, 3.8) is 0 Å². The zero-order valence-corrected chi connectivity index (χ0v) is 11.2. The van der Waals surface area contributed by atoms with Crippen LogP contribution in [-0.4, -0.2) is 11.5 Å². The minimum Gasteiger partial charge on any atom is -0.361 e. The van der Waals surface area contributed by atoms with Crippen molar-refractivity contribution < 1.29 is 4.39 Å². The van der Waals surface area contributed by atoms with Crippen LogP contribution >= 0.6 is 11.3 Å². The van der Waals surface area contributed by atoms with E-state index in [0.29, 0.717) is 5.41 Å². The average Bonchev–Trinajstić information content (AvgIpc) is 2.57. The summed E-state index contributed by atoms with van der Waals surface area (Å²) in [7, 11) is 0. The molecule has 0 unspecified atom stereocenters. The largest absolute Gasteiger partial charge is 0.361 e. The number of thiazole rings is 1. The van der Waals surface area contributed by atoms with E-state index in [4.69, 9.17) is 0 Å². The van der Waals surface area contributed by atoms with E-state index in [1.165, 1.54) is 12.1 Å². The maximum absolute atomic E-state index is 13.0. The number of hydrogen-bond acceptors (Lipinski definition) is 3. The zero-order valence-electron chi connectivity index (χ0n) is 10.4. The van der Waals surface area contributed by atoms with Gasteiger partial charge in [-0.25, -0.2) is 9.37 Å². The lowest BCUT2D eigenvalue weighted by molar-refractivity contribution is 0.390. The molecule has 0 atom stereocenters. The summed E-state index contributed by atoms with van der Waals surface area (Å²) in [5, 5.41) is 4.17. The summed E-state index contributed by atoms with van der Waals surface area (Å²) >= 11 is 1.57.